The summed E-state index contributed by atoms with van der Waals surface area (Å²) in [6, 6.07) is 21.3. The van der Waals surface area contributed by atoms with Crippen LogP contribution in [-0.2, 0) is 17.5 Å². The molecule has 3 aromatic heterocycles. The third-order valence-electron chi connectivity index (χ3n) is 8.67. The summed E-state index contributed by atoms with van der Waals surface area (Å²) in [5.41, 5.74) is 7.70. The predicted molar refractivity (Wildman–Crippen MR) is 184 cm³/mol. The van der Waals surface area contributed by atoms with Crippen LogP contribution in [0.15, 0.2) is 83.3 Å². The van der Waals surface area contributed by atoms with E-state index in [1.54, 1.807) is 17.9 Å². The fourth-order valence-corrected chi connectivity index (χ4v) is 6.20. The van der Waals surface area contributed by atoms with E-state index in [0.717, 1.165) is 17.1 Å². The Morgan fingerprint density at radius 2 is 1.67 bits per heavy atom. The number of hydrogen-bond acceptors (Lipinski definition) is 9. The summed E-state index contributed by atoms with van der Waals surface area (Å²) in [5.74, 6) is 0.306. The monoisotopic (exact) mass is 698 g/mol. The number of nitrogens with one attached hydrogen (secondary N) is 1. The molecule has 7 rings (SSSR count). The van der Waals surface area contributed by atoms with Crippen molar-refractivity contribution < 1.29 is 31.9 Å². The van der Waals surface area contributed by atoms with Gasteiger partial charge in [-0.3, -0.25) is 9.59 Å². The van der Waals surface area contributed by atoms with Crippen LogP contribution in [0, 0.1) is 0 Å². The number of carbonyl (C=O) groups excluding carboxylic acids is 2. The molecule has 15 heteroatoms. The van der Waals surface area contributed by atoms with Gasteiger partial charge in [0.25, 0.3) is 5.91 Å². The predicted octanol–water partition coefficient (Wildman–Crippen LogP) is 5.89. The molecule has 4 heterocycles. The molecule has 3 aromatic carbocycles. The lowest BCUT2D eigenvalue weighted by Crippen LogP contribution is -2.50. The topological polar surface area (TPSA) is 145 Å². The molecule has 0 spiro atoms. The quantitative estimate of drug-likeness (QED) is 0.199. The van der Waals surface area contributed by atoms with E-state index in [9.17, 15) is 22.8 Å². The smallest absolute Gasteiger partial charge is 0.433 e. The maximum absolute atomic E-state index is 14.0. The van der Waals surface area contributed by atoms with Crippen molar-refractivity contribution >= 4 is 45.4 Å². The van der Waals surface area contributed by atoms with Crippen LogP contribution in [0.25, 0.3) is 33.4 Å². The summed E-state index contributed by atoms with van der Waals surface area (Å²) in [6.07, 6.45) is -4.66. The second-order valence-electron chi connectivity index (χ2n) is 12.1. The lowest BCUT2D eigenvalue weighted by atomic mass is 10.1. The highest BCUT2D eigenvalue weighted by Gasteiger charge is 2.34. The van der Waals surface area contributed by atoms with E-state index in [1.165, 1.54) is 19.2 Å². The number of fused-ring (bicyclic) bond motifs is 2. The lowest BCUT2D eigenvalue weighted by Gasteiger charge is -2.35. The second kappa shape index (κ2) is 13.4. The highest BCUT2D eigenvalue weighted by Crippen LogP contribution is 2.38. The SMILES string of the molecule is COc1ccc(-c2nc(C(=O)N3CCN(c4nc5ccccc5n4CC(=O)Nc4ccccc4)CC3)c([C@H](C)N)o2)c2ccc(C(F)(F)F)nc12. The number of imidazole rings is 1. The fraction of sp³-hybridized carbons (Fsp3) is 0.250. The minimum Gasteiger partial charge on any atom is -0.494 e. The van der Waals surface area contributed by atoms with E-state index in [0.29, 0.717) is 48.8 Å². The number of halogens is 3. The molecule has 1 saturated heterocycles. The van der Waals surface area contributed by atoms with Crippen molar-refractivity contribution in [2.24, 2.45) is 5.73 Å². The minimum atomic E-state index is -4.66. The van der Waals surface area contributed by atoms with E-state index in [-0.39, 0.29) is 41.1 Å². The first-order valence-electron chi connectivity index (χ1n) is 16.2. The van der Waals surface area contributed by atoms with Gasteiger partial charge < -0.3 is 34.6 Å². The summed E-state index contributed by atoms with van der Waals surface area (Å²) in [4.78, 5) is 43.9. The van der Waals surface area contributed by atoms with Gasteiger partial charge in [0.15, 0.2) is 11.5 Å². The number of alkyl halides is 3. The van der Waals surface area contributed by atoms with Gasteiger partial charge in [-0.2, -0.15) is 13.2 Å². The molecule has 1 aliphatic heterocycles. The standard InChI is InChI=1S/C36H33F3N8O4/c1-21(40)32-31(44-33(51-32)24-12-14-27(50-2)30-23(24)13-15-28(43-30)36(37,38)39)34(49)45-16-18-46(19-17-45)35-42-25-10-6-7-11-26(25)47(35)20-29(48)41-22-8-4-3-5-9-22/h3-15,21H,16-20,40H2,1-2H3,(H,41,48)/t21-/m0/s1. The van der Waals surface area contributed by atoms with Gasteiger partial charge in [-0.15, -0.1) is 0 Å². The molecule has 0 saturated carbocycles. The Kier molecular flexibility index (Phi) is 8.81. The zero-order valence-corrected chi connectivity index (χ0v) is 27.6. The average molecular weight is 699 g/mol. The number of piperazine rings is 1. The van der Waals surface area contributed by atoms with Gasteiger partial charge in [-0.1, -0.05) is 30.3 Å². The Morgan fingerprint density at radius 3 is 2.37 bits per heavy atom. The molecule has 0 radical (unpaired) electrons. The highest BCUT2D eigenvalue weighted by atomic mass is 19.4. The molecular formula is C36H33F3N8O4. The van der Waals surface area contributed by atoms with E-state index in [2.05, 4.69) is 15.3 Å². The van der Waals surface area contributed by atoms with Crippen molar-refractivity contribution in [2.75, 3.05) is 43.5 Å². The number of para-hydroxylation sites is 3. The number of amides is 2. The van der Waals surface area contributed by atoms with Crippen LogP contribution in [0.4, 0.5) is 24.8 Å². The molecule has 3 N–H and O–H groups in total. The normalized spacial score (nSPS) is 14.2. The Bertz CT molecular complexity index is 2240. The van der Waals surface area contributed by atoms with Gasteiger partial charge in [-0.05, 0) is 55.5 Å². The van der Waals surface area contributed by atoms with E-state index < -0.39 is 23.8 Å². The molecule has 12 nitrogen and oxygen atoms in total. The van der Waals surface area contributed by atoms with Gasteiger partial charge >= 0.3 is 6.18 Å². The molecule has 1 fully saturated rings. The first-order valence-corrected chi connectivity index (χ1v) is 16.2. The number of nitrogens with zero attached hydrogens (tertiary/aromatic N) is 6. The molecule has 0 unspecified atom stereocenters. The number of methoxy groups -OCH3 is 1. The molecule has 262 valence electrons. The van der Waals surface area contributed by atoms with Crippen LogP contribution in [0.5, 0.6) is 5.75 Å². The number of anilines is 2. The van der Waals surface area contributed by atoms with E-state index in [4.69, 9.17) is 19.9 Å². The number of aromatic nitrogens is 4. The van der Waals surface area contributed by atoms with Crippen molar-refractivity contribution in [3.8, 4) is 17.2 Å². The molecule has 1 atom stereocenters. The van der Waals surface area contributed by atoms with Crippen LogP contribution in [0.2, 0.25) is 0 Å². The lowest BCUT2D eigenvalue weighted by molar-refractivity contribution is -0.141. The Balaban J connectivity index is 1.13. The van der Waals surface area contributed by atoms with Crippen molar-refractivity contribution in [3.63, 3.8) is 0 Å². The Labute approximate surface area is 289 Å². The number of pyridine rings is 1. The fourth-order valence-electron chi connectivity index (χ4n) is 6.20. The summed E-state index contributed by atoms with van der Waals surface area (Å²) < 4.78 is 53.6. The average Bonchev–Trinajstić information content (AvgIpc) is 3.73. The van der Waals surface area contributed by atoms with Crippen LogP contribution < -0.4 is 20.7 Å². The van der Waals surface area contributed by atoms with Gasteiger partial charge in [0.1, 0.15) is 23.5 Å². The van der Waals surface area contributed by atoms with Gasteiger partial charge in [0.05, 0.1) is 24.2 Å². The zero-order valence-electron chi connectivity index (χ0n) is 27.6. The van der Waals surface area contributed by atoms with Crippen LogP contribution in [-0.4, -0.2) is 69.5 Å². The first-order chi connectivity index (χ1) is 24.5. The number of nitrogens with two attached hydrogens (primary N) is 1. The van der Waals surface area contributed by atoms with Crippen molar-refractivity contribution in [1.82, 2.24) is 24.4 Å². The molecular weight excluding hydrogens is 665 g/mol. The highest BCUT2D eigenvalue weighted by molar-refractivity contribution is 5.98. The van der Waals surface area contributed by atoms with Crippen molar-refractivity contribution in [2.45, 2.75) is 25.7 Å². The number of hydrogen-bond donors (Lipinski definition) is 2. The number of carbonyl (C=O) groups is 2. The Hall–Kier alpha value is -5.96. The maximum atomic E-state index is 14.0. The van der Waals surface area contributed by atoms with Crippen LogP contribution >= 0.6 is 0 Å². The largest absolute Gasteiger partial charge is 0.494 e. The third kappa shape index (κ3) is 6.55. The molecule has 2 amide bonds. The van der Waals surface area contributed by atoms with Gasteiger partial charge in [0, 0.05) is 42.8 Å². The molecule has 6 aromatic rings. The molecule has 0 aliphatic carbocycles. The maximum Gasteiger partial charge on any atom is 0.433 e. The number of ether oxygens (including phenoxy) is 1. The van der Waals surface area contributed by atoms with Crippen molar-refractivity contribution in [3.05, 3.63) is 96.0 Å². The zero-order chi connectivity index (χ0) is 35.9. The second-order valence-corrected chi connectivity index (χ2v) is 12.1. The van der Waals surface area contributed by atoms with Crippen LogP contribution in [0.1, 0.15) is 34.9 Å². The van der Waals surface area contributed by atoms with Gasteiger partial charge in [-0.25, -0.2) is 15.0 Å². The Morgan fingerprint density at radius 1 is 0.941 bits per heavy atom. The van der Waals surface area contributed by atoms with Gasteiger partial charge in [0.2, 0.25) is 17.7 Å². The number of rotatable bonds is 8. The summed E-state index contributed by atoms with van der Waals surface area (Å²) in [5, 5.41) is 3.23. The van der Waals surface area contributed by atoms with E-state index >= 15 is 0 Å². The summed E-state index contributed by atoms with van der Waals surface area (Å²) in [6.45, 7) is 3.16. The van der Waals surface area contributed by atoms with Crippen molar-refractivity contribution in [1.29, 1.82) is 0 Å². The van der Waals surface area contributed by atoms with Crippen LogP contribution in [0.3, 0.4) is 0 Å². The van der Waals surface area contributed by atoms with E-state index in [1.807, 2.05) is 64.1 Å². The number of benzene rings is 3. The first kappa shape index (κ1) is 33.5. The molecule has 51 heavy (non-hydrogen) atoms. The summed E-state index contributed by atoms with van der Waals surface area (Å²) >= 11 is 0. The minimum absolute atomic E-state index is 0.0148. The molecule has 0 bridgehead atoms. The summed E-state index contributed by atoms with van der Waals surface area (Å²) in [7, 11) is 1.34. The number of oxazole rings is 1. The third-order valence-corrected chi connectivity index (χ3v) is 8.67. The molecule has 1 aliphatic rings.